The van der Waals surface area contributed by atoms with Crippen LogP contribution in [-0.2, 0) is 21.7 Å². The smallest absolute Gasteiger partial charge is 0.166 e. The summed E-state index contributed by atoms with van der Waals surface area (Å²) < 4.78 is 18.4. The van der Waals surface area contributed by atoms with Gasteiger partial charge >= 0.3 is 0 Å². The minimum atomic E-state index is -1.09. The van der Waals surface area contributed by atoms with E-state index in [-0.39, 0.29) is 11.4 Å². The Morgan fingerprint density at radius 1 is 1.08 bits per heavy atom. The molecule has 1 aromatic heterocycles. The Balaban J connectivity index is 1.59. The molecule has 3 aromatic rings. The molecule has 1 aliphatic heterocycles. The van der Waals surface area contributed by atoms with Gasteiger partial charge in [0.1, 0.15) is 22.6 Å². The Labute approximate surface area is 148 Å². The molecule has 2 atom stereocenters. The summed E-state index contributed by atoms with van der Waals surface area (Å²) in [6, 6.07) is 20.1. The third kappa shape index (κ3) is 3.54. The summed E-state index contributed by atoms with van der Waals surface area (Å²) in [6.07, 6.45) is 0.163. The maximum atomic E-state index is 13.2. The molecule has 1 fully saturated rings. The molecule has 0 bridgehead atoms. The highest BCUT2D eigenvalue weighted by molar-refractivity contribution is 7.91. The minimum Gasteiger partial charge on any atom is -0.615 e. The fourth-order valence-electron chi connectivity index (χ4n) is 2.71. The van der Waals surface area contributed by atoms with E-state index < -0.39 is 11.2 Å². The summed E-state index contributed by atoms with van der Waals surface area (Å²) in [6.45, 7) is 0.757. The van der Waals surface area contributed by atoms with Crippen molar-refractivity contribution in [1.29, 1.82) is 0 Å². The van der Waals surface area contributed by atoms with E-state index in [9.17, 15) is 4.55 Å². The standard InChI is InChI=1S/C19H17NO2S2/c21-24(13-16-12-23-19(20-16)17-11-22-17)18(14-7-3-1-4-8-14)15-9-5-2-6-10-15/h1-10,12,17-18H,11,13H2. The Hall–Kier alpha value is -1.66. The van der Waals surface area contributed by atoms with Crippen molar-refractivity contribution in [3.05, 3.63) is 87.9 Å². The van der Waals surface area contributed by atoms with E-state index in [1.165, 1.54) is 0 Å². The zero-order chi connectivity index (χ0) is 16.4. The lowest BCUT2D eigenvalue weighted by Crippen LogP contribution is -2.17. The third-order valence-corrected chi connectivity index (χ3v) is 6.57. The van der Waals surface area contributed by atoms with E-state index in [1.807, 2.05) is 66.0 Å². The van der Waals surface area contributed by atoms with Crippen LogP contribution in [0, 0.1) is 0 Å². The number of epoxide rings is 1. The van der Waals surface area contributed by atoms with Crippen LogP contribution in [0.4, 0.5) is 0 Å². The first-order valence-electron chi connectivity index (χ1n) is 7.84. The van der Waals surface area contributed by atoms with Crippen LogP contribution in [0.25, 0.3) is 0 Å². The Bertz CT molecular complexity index is 748. The van der Waals surface area contributed by atoms with Gasteiger partial charge in [0.15, 0.2) is 5.25 Å². The van der Waals surface area contributed by atoms with Crippen LogP contribution in [0.1, 0.15) is 33.2 Å². The van der Waals surface area contributed by atoms with Crippen molar-refractivity contribution < 1.29 is 9.29 Å². The van der Waals surface area contributed by atoms with E-state index in [2.05, 4.69) is 4.98 Å². The second kappa shape index (κ2) is 7.07. The molecule has 0 N–H and O–H groups in total. The number of benzene rings is 2. The largest absolute Gasteiger partial charge is 0.615 e. The molecule has 0 amide bonds. The molecule has 122 valence electrons. The fourth-order valence-corrected chi connectivity index (χ4v) is 5.19. The third-order valence-electron chi connectivity index (χ3n) is 3.94. The average molecular weight is 355 g/mol. The van der Waals surface area contributed by atoms with Crippen LogP contribution in [0.5, 0.6) is 0 Å². The normalized spacial score (nSPS) is 17.8. The van der Waals surface area contributed by atoms with Crippen LogP contribution in [-0.4, -0.2) is 16.1 Å². The number of hydrogen-bond donors (Lipinski definition) is 0. The lowest BCUT2D eigenvalue weighted by Gasteiger charge is -2.22. The highest BCUT2D eigenvalue weighted by Gasteiger charge is 2.30. The summed E-state index contributed by atoms with van der Waals surface area (Å²) in [5.74, 6) is 0.456. The van der Waals surface area contributed by atoms with E-state index in [1.54, 1.807) is 11.3 Å². The van der Waals surface area contributed by atoms with Crippen molar-refractivity contribution in [2.24, 2.45) is 0 Å². The van der Waals surface area contributed by atoms with E-state index in [0.717, 1.165) is 28.4 Å². The molecule has 2 aromatic carbocycles. The summed E-state index contributed by atoms with van der Waals surface area (Å²) in [5.41, 5.74) is 3.03. The molecular formula is C19H17NO2S2. The molecule has 0 spiro atoms. The molecule has 1 saturated heterocycles. The number of nitrogens with zero attached hydrogens (tertiary/aromatic N) is 1. The lowest BCUT2D eigenvalue weighted by molar-refractivity contribution is 0.414. The number of ether oxygens (including phenoxy) is 1. The van der Waals surface area contributed by atoms with Gasteiger partial charge in [-0.25, -0.2) is 4.98 Å². The van der Waals surface area contributed by atoms with Crippen molar-refractivity contribution in [3.63, 3.8) is 0 Å². The highest BCUT2D eigenvalue weighted by atomic mass is 32.2. The molecule has 2 heterocycles. The first kappa shape index (κ1) is 15.8. The number of thiazole rings is 1. The van der Waals surface area contributed by atoms with Crippen molar-refractivity contribution in [1.82, 2.24) is 4.98 Å². The van der Waals surface area contributed by atoms with Gasteiger partial charge in [0.25, 0.3) is 0 Å². The predicted molar refractivity (Wildman–Crippen MR) is 97.4 cm³/mol. The molecule has 0 aliphatic carbocycles. The number of hydrogen-bond acceptors (Lipinski definition) is 4. The molecule has 4 rings (SSSR count). The monoisotopic (exact) mass is 355 g/mol. The molecule has 0 radical (unpaired) electrons. The van der Waals surface area contributed by atoms with Crippen LogP contribution < -0.4 is 0 Å². The van der Waals surface area contributed by atoms with Crippen molar-refractivity contribution >= 4 is 22.5 Å². The number of aromatic nitrogens is 1. The Morgan fingerprint density at radius 3 is 2.21 bits per heavy atom. The second-order valence-corrected chi connectivity index (χ2v) is 8.14. The summed E-state index contributed by atoms with van der Waals surface area (Å²) in [7, 11) is 0. The Morgan fingerprint density at radius 2 is 1.67 bits per heavy atom. The zero-order valence-corrected chi connectivity index (χ0v) is 14.6. The quantitative estimate of drug-likeness (QED) is 0.490. The van der Waals surface area contributed by atoms with Crippen molar-refractivity contribution in [2.45, 2.75) is 17.1 Å². The van der Waals surface area contributed by atoms with Gasteiger partial charge in [-0.3, -0.25) is 0 Å². The summed E-state index contributed by atoms with van der Waals surface area (Å²) >= 11 is 0.508. The highest BCUT2D eigenvalue weighted by Crippen LogP contribution is 2.35. The fraction of sp³-hybridized carbons (Fsp3) is 0.211. The topological polar surface area (TPSA) is 48.5 Å². The SMILES string of the molecule is [O-][S+](Cc1csc(C2CO2)n1)C(c1ccccc1)c1ccccc1. The van der Waals surface area contributed by atoms with Crippen molar-refractivity contribution in [3.8, 4) is 0 Å². The van der Waals surface area contributed by atoms with Crippen molar-refractivity contribution in [2.75, 3.05) is 6.61 Å². The van der Waals surface area contributed by atoms with Gasteiger partial charge in [-0.15, -0.1) is 11.3 Å². The van der Waals surface area contributed by atoms with Crippen LogP contribution in [0.2, 0.25) is 0 Å². The molecule has 0 saturated carbocycles. The lowest BCUT2D eigenvalue weighted by atomic mass is 10.0. The van der Waals surface area contributed by atoms with Crippen LogP contribution in [0.3, 0.4) is 0 Å². The molecule has 24 heavy (non-hydrogen) atoms. The van der Waals surface area contributed by atoms with E-state index >= 15 is 0 Å². The Kier molecular flexibility index (Phi) is 4.67. The van der Waals surface area contributed by atoms with Gasteiger partial charge in [-0.1, -0.05) is 60.7 Å². The molecule has 5 heteroatoms. The van der Waals surface area contributed by atoms with Gasteiger partial charge in [-0.2, -0.15) is 0 Å². The molecule has 3 nitrogen and oxygen atoms in total. The maximum absolute atomic E-state index is 13.2. The maximum Gasteiger partial charge on any atom is 0.166 e. The molecular weight excluding hydrogens is 338 g/mol. The zero-order valence-electron chi connectivity index (χ0n) is 13.0. The predicted octanol–water partition coefficient (Wildman–Crippen LogP) is 4.25. The minimum absolute atomic E-state index is 0.144. The molecule has 2 unspecified atom stereocenters. The average Bonchev–Trinajstić information content (AvgIpc) is 3.37. The first-order chi connectivity index (χ1) is 11.8. The van der Waals surface area contributed by atoms with E-state index in [0.29, 0.717) is 5.75 Å². The van der Waals surface area contributed by atoms with Gasteiger partial charge in [0, 0.05) is 16.5 Å². The van der Waals surface area contributed by atoms with Gasteiger partial charge in [0.05, 0.1) is 6.61 Å². The first-order valence-corrected chi connectivity index (χ1v) is 10.1. The summed E-state index contributed by atoms with van der Waals surface area (Å²) in [4.78, 5) is 4.58. The second-order valence-electron chi connectivity index (χ2n) is 5.73. The van der Waals surface area contributed by atoms with Gasteiger partial charge in [-0.05, 0) is 11.2 Å². The number of rotatable bonds is 6. The molecule has 1 aliphatic rings. The summed E-state index contributed by atoms with van der Waals surface area (Å²) in [5, 5.41) is 2.86. The van der Waals surface area contributed by atoms with Gasteiger partial charge < -0.3 is 9.29 Å². The van der Waals surface area contributed by atoms with Crippen LogP contribution >= 0.6 is 11.3 Å². The van der Waals surface area contributed by atoms with Crippen LogP contribution in [0.15, 0.2) is 66.0 Å². The van der Waals surface area contributed by atoms with Gasteiger partial charge in [0.2, 0.25) is 0 Å². The van der Waals surface area contributed by atoms with E-state index in [4.69, 9.17) is 4.74 Å².